The molecule has 0 atom stereocenters. The van der Waals surface area contributed by atoms with Crippen molar-refractivity contribution in [2.45, 2.75) is 0 Å². The van der Waals surface area contributed by atoms with E-state index in [9.17, 15) is 4.79 Å². The lowest BCUT2D eigenvalue weighted by atomic mass is 10.2. The molecule has 0 aliphatic carbocycles. The fraction of sp³-hybridized carbons (Fsp3) is 0.111. The number of hydrogen-bond acceptors (Lipinski definition) is 3. The molecule has 1 aromatic rings. The summed E-state index contributed by atoms with van der Waals surface area (Å²) in [5.41, 5.74) is 1.19. The summed E-state index contributed by atoms with van der Waals surface area (Å²) in [7, 11) is 1.34. The molecule has 0 saturated carbocycles. The first-order chi connectivity index (χ1) is 5.77. The molecule has 0 radical (unpaired) electrons. The third-order valence-electron chi connectivity index (χ3n) is 1.42. The van der Waals surface area contributed by atoms with Crippen LogP contribution in [-0.4, -0.2) is 18.1 Å². The Labute approximate surface area is 70.7 Å². The number of carbonyl (C=O) groups is 1. The van der Waals surface area contributed by atoms with E-state index in [4.69, 9.17) is 0 Å². The lowest BCUT2D eigenvalue weighted by Gasteiger charge is -1.97. The van der Waals surface area contributed by atoms with E-state index in [1.807, 2.05) is 0 Å². The van der Waals surface area contributed by atoms with Gasteiger partial charge in [-0.05, 0) is 18.2 Å². The van der Waals surface area contributed by atoms with Gasteiger partial charge in [-0.1, -0.05) is 6.58 Å². The first-order valence-electron chi connectivity index (χ1n) is 3.44. The molecular formula is C9H9NO2. The molecule has 0 aromatic carbocycles. The molecule has 3 nitrogen and oxygen atoms in total. The lowest BCUT2D eigenvalue weighted by molar-refractivity contribution is 0.0600. The molecule has 1 rings (SSSR count). The van der Waals surface area contributed by atoms with E-state index in [1.165, 1.54) is 13.3 Å². The standard InChI is InChI=1S/C9H9NO2/c1-3-8-5-4-7(6-10-8)9(11)12-2/h3-6H,1H2,2H3. The fourth-order valence-electron chi connectivity index (χ4n) is 0.765. The zero-order chi connectivity index (χ0) is 8.97. The van der Waals surface area contributed by atoms with E-state index in [1.54, 1.807) is 18.2 Å². The maximum absolute atomic E-state index is 10.9. The van der Waals surface area contributed by atoms with Gasteiger partial charge in [-0.3, -0.25) is 4.98 Å². The average molecular weight is 163 g/mol. The molecule has 1 heterocycles. The van der Waals surface area contributed by atoms with Gasteiger partial charge in [-0.2, -0.15) is 0 Å². The van der Waals surface area contributed by atoms with Gasteiger partial charge in [0.15, 0.2) is 0 Å². The van der Waals surface area contributed by atoms with Gasteiger partial charge in [0.25, 0.3) is 0 Å². The Hall–Kier alpha value is -1.64. The Morgan fingerprint density at radius 2 is 2.42 bits per heavy atom. The molecule has 12 heavy (non-hydrogen) atoms. The number of rotatable bonds is 2. The number of esters is 1. The van der Waals surface area contributed by atoms with Gasteiger partial charge in [-0.15, -0.1) is 0 Å². The highest BCUT2D eigenvalue weighted by atomic mass is 16.5. The second-order valence-electron chi connectivity index (χ2n) is 2.17. The molecule has 62 valence electrons. The smallest absolute Gasteiger partial charge is 0.339 e. The van der Waals surface area contributed by atoms with E-state index in [0.29, 0.717) is 5.56 Å². The van der Waals surface area contributed by atoms with Crippen LogP contribution in [0.5, 0.6) is 0 Å². The summed E-state index contributed by atoms with van der Waals surface area (Å²) >= 11 is 0. The van der Waals surface area contributed by atoms with Gasteiger partial charge in [0.05, 0.1) is 18.4 Å². The molecule has 3 heteroatoms. The Balaban J connectivity index is 2.91. The van der Waals surface area contributed by atoms with Crippen molar-refractivity contribution in [1.29, 1.82) is 0 Å². The number of pyridine rings is 1. The van der Waals surface area contributed by atoms with Crippen LogP contribution in [0.3, 0.4) is 0 Å². The summed E-state index contributed by atoms with van der Waals surface area (Å²) in [5.74, 6) is -0.377. The molecular weight excluding hydrogens is 154 g/mol. The zero-order valence-corrected chi connectivity index (χ0v) is 6.78. The van der Waals surface area contributed by atoms with Crippen LogP contribution in [0.15, 0.2) is 24.9 Å². The largest absolute Gasteiger partial charge is 0.465 e. The molecule has 1 aromatic heterocycles. The normalized spacial score (nSPS) is 9.08. The topological polar surface area (TPSA) is 39.2 Å². The predicted molar refractivity (Wildman–Crippen MR) is 45.7 cm³/mol. The highest BCUT2D eigenvalue weighted by molar-refractivity contribution is 5.88. The van der Waals surface area contributed by atoms with E-state index in [0.717, 1.165) is 5.69 Å². The highest BCUT2D eigenvalue weighted by Crippen LogP contribution is 2.02. The zero-order valence-electron chi connectivity index (χ0n) is 6.78. The van der Waals surface area contributed by atoms with Gasteiger partial charge in [0.2, 0.25) is 0 Å². The molecule has 0 N–H and O–H groups in total. The van der Waals surface area contributed by atoms with Gasteiger partial charge >= 0.3 is 5.97 Å². The van der Waals surface area contributed by atoms with Crippen LogP contribution in [0.25, 0.3) is 6.08 Å². The number of carbonyl (C=O) groups excluding carboxylic acids is 1. The third kappa shape index (κ3) is 1.69. The molecule has 0 fully saturated rings. The molecule has 0 spiro atoms. The lowest BCUT2D eigenvalue weighted by Crippen LogP contribution is -2.01. The second-order valence-corrected chi connectivity index (χ2v) is 2.17. The van der Waals surface area contributed by atoms with E-state index in [-0.39, 0.29) is 5.97 Å². The maximum atomic E-state index is 10.9. The molecule has 0 unspecified atom stereocenters. The minimum Gasteiger partial charge on any atom is -0.465 e. The number of nitrogens with zero attached hydrogens (tertiary/aromatic N) is 1. The predicted octanol–water partition coefficient (Wildman–Crippen LogP) is 1.51. The average Bonchev–Trinajstić information content (AvgIpc) is 2.17. The van der Waals surface area contributed by atoms with Crippen molar-refractivity contribution in [1.82, 2.24) is 4.98 Å². The summed E-state index contributed by atoms with van der Waals surface area (Å²) in [6.07, 6.45) is 3.07. The summed E-state index contributed by atoms with van der Waals surface area (Å²) in [6.45, 7) is 3.55. The van der Waals surface area contributed by atoms with Crippen LogP contribution in [0.2, 0.25) is 0 Å². The SMILES string of the molecule is C=Cc1ccc(C(=O)OC)cn1. The minimum atomic E-state index is -0.377. The molecule has 0 amide bonds. The van der Waals surface area contributed by atoms with Crippen LogP contribution in [0, 0.1) is 0 Å². The van der Waals surface area contributed by atoms with Crippen molar-refractivity contribution in [3.8, 4) is 0 Å². The van der Waals surface area contributed by atoms with Gasteiger partial charge < -0.3 is 4.74 Å². The molecule has 0 saturated heterocycles. The van der Waals surface area contributed by atoms with Gasteiger partial charge in [0, 0.05) is 6.20 Å². The Morgan fingerprint density at radius 1 is 1.67 bits per heavy atom. The highest BCUT2D eigenvalue weighted by Gasteiger charge is 2.03. The number of hydrogen-bond donors (Lipinski definition) is 0. The van der Waals surface area contributed by atoms with Gasteiger partial charge in [-0.25, -0.2) is 4.79 Å². The van der Waals surface area contributed by atoms with Gasteiger partial charge in [0.1, 0.15) is 0 Å². The Morgan fingerprint density at radius 3 is 2.83 bits per heavy atom. The van der Waals surface area contributed by atoms with Crippen molar-refractivity contribution in [3.63, 3.8) is 0 Å². The first kappa shape index (κ1) is 8.46. The second kappa shape index (κ2) is 3.67. The van der Waals surface area contributed by atoms with Crippen molar-refractivity contribution >= 4 is 12.0 Å². The van der Waals surface area contributed by atoms with E-state index >= 15 is 0 Å². The number of methoxy groups -OCH3 is 1. The third-order valence-corrected chi connectivity index (χ3v) is 1.42. The monoisotopic (exact) mass is 163 g/mol. The summed E-state index contributed by atoms with van der Waals surface area (Å²) in [6, 6.07) is 3.36. The fourth-order valence-corrected chi connectivity index (χ4v) is 0.765. The Bertz CT molecular complexity index is 290. The quantitative estimate of drug-likeness (QED) is 0.620. The van der Waals surface area contributed by atoms with Crippen LogP contribution >= 0.6 is 0 Å². The Kier molecular flexibility index (Phi) is 2.58. The van der Waals surface area contributed by atoms with Crippen molar-refractivity contribution in [2.24, 2.45) is 0 Å². The van der Waals surface area contributed by atoms with Crippen molar-refractivity contribution < 1.29 is 9.53 Å². The summed E-state index contributed by atoms with van der Waals surface area (Å²) in [5, 5.41) is 0. The number of aromatic nitrogens is 1. The first-order valence-corrected chi connectivity index (χ1v) is 3.44. The summed E-state index contributed by atoms with van der Waals surface area (Å²) in [4.78, 5) is 14.9. The molecule has 0 aliphatic rings. The van der Waals surface area contributed by atoms with Crippen LogP contribution in [-0.2, 0) is 4.74 Å². The van der Waals surface area contributed by atoms with Crippen LogP contribution < -0.4 is 0 Å². The van der Waals surface area contributed by atoms with E-state index < -0.39 is 0 Å². The number of ether oxygens (including phenoxy) is 1. The van der Waals surface area contributed by atoms with Crippen LogP contribution in [0.1, 0.15) is 16.1 Å². The maximum Gasteiger partial charge on any atom is 0.339 e. The van der Waals surface area contributed by atoms with Crippen molar-refractivity contribution in [3.05, 3.63) is 36.2 Å². The summed E-state index contributed by atoms with van der Waals surface area (Å²) < 4.78 is 4.50. The molecule has 0 aliphatic heterocycles. The van der Waals surface area contributed by atoms with Crippen LogP contribution in [0.4, 0.5) is 0 Å². The van der Waals surface area contributed by atoms with E-state index in [2.05, 4.69) is 16.3 Å². The molecule has 0 bridgehead atoms. The van der Waals surface area contributed by atoms with Crippen molar-refractivity contribution in [2.75, 3.05) is 7.11 Å². The minimum absolute atomic E-state index is 0.377.